The highest BCUT2D eigenvalue weighted by atomic mass is 32.2. The van der Waals surface area contributed by atoms with Gasteiger partial charge in [-0.2, -0.15) is 0 Å². The van der Waals surface area contributed by atoms with Crippen LogP contribution < -0.4 is 19.8 Å². The number of amides is 1. The van der Waals surface area contributed by atoms with E-state index in [4.69, 9.17) is 9.94 Å². The van der Waals surface area contributed by atoms with Gasteiger partial charge < -0.3 is 9.64 Å². The van der Waals surface area contributed by atoms with Crippen LogP contribution in [0.1, 0.15) is 23.2 Å². The molecule has 1 atom stereocenters. The van der Waals surface area contributed by atoms with E-state index in [1.165, 1.54) is 12.4 Å². The number of aromatic nitrogens is 2. The van der Waals surface area contributed by atoms with E-state index >= 15 is 0 Å². The minimum absolute atomic E-state index is 0.190. The number of carbonyl (C=O) groups is 1. The van der Waals surface area contributed by atoms with Crippen molar-refractivity contribution < 1.29 is 18.9 Å². The smallest absolute Gasteiger partial charge is 0.277 e. The third kappa shape index (κ3) is 5.79. The number of nitrogens with zero attached hydrogens (tertiary/aromatic N) is 3. The van der Waals surface area contributed by atoms with Crippen LogP contribution in [0.3, 0.4) is 0 Å². The second-order valence-electron chi connectivity index (χ2n) is 8.39. The molecule has 184 valence electrons. The van der Waals surface area contributed by atoms with Gasteiger partial charge in [0.15, 0.2) is 0 Å². The summed E-state index contributed by atoms with van der Waals surface area (Å²) >= 11 is 0. The first kappa shape index (κ1) is 24.6. The molecule has 2 aromatic carbocycles. The van der Waals surface area contributed by atoms with Gasteiger partial charge in [0, 0.05) is 32.0 Å². The fourth-order valence-corrected chi connectivity index (χ4v) is 5.62. The third-order valence-corrected chi connectivity index (χ3v) is 7.83. The van der Waals surface area contributed by atoms with Crippen LogP contribution in [0.5, 0.6) is 5.75 Å². The van der Waals surface area contributed by atoms with Gasteiger partial charge in [-0.25, -0.2) is 24.4 Å². The first-order valence-electron chi connectivity index (χ1n) is 11.3. The first-order valence-corrected chi connectivity index (χ1v) is 13.0. The predicted molar refractivity (Wildman–Crippen MR) is 136 cm³/mol. The minimum atomic E-state index is -2.73. The molecule has 0 spiro atoms. The molecule has 10 heteroatoms. The molecule has 1 saturated heterocycles. The molecule has 3 N–H and O–H groups in total. The van der Waals surface area contributed by atoms with Gasteiger partial charge in [-0.3, -0.25) is 10.0 Å². The molecule has 9 nitrogen and oxygen atoms in total. The average molecular weight is 496 g/mol. The Balaban J connectivity index is 1.38. The van der Waals surface area contributed by atoms with Gasteiger partial charge in [-0.15, -0.1) is 0 Å². The molecule has 3 aromatic rings. The Morgan fingerprint density at radius 2 is 1.89 bits per heavy atom. The van der Waals surface area contributed by atoms with Crippen LogP contribution in [0.25, 0.3) is 11.1 Å². The number of piperidine rings is 1. The summed E-state index contributed by atoms with van der Waals surface area (Å²) in [6.07, 6.45) is 4.53. The number of hydrogen-bond donors (Lipinski definition) is 3. The van der Waals surface area contributed by atoms with E-state index in [0.717, 1.165) is 42.8 Å². The second-order valence-corrected chi connectivity index (χ2v) is 10.5. The molecule has 1 aromatic heterocycles. The summed E-state index contributed by atoms with van der Waals surface area (Å²) in [5, 5.41) is 8.71. The molecule has 0 saturated carbocycles. The van der Waals surface area contributed by atoms with Crippen molar-refractivity contribution in [2.24, 2.45) is 5.92 Å². The number of ether oxygens (including phenoxy) is 1. The minimum Gasteiger partial charge on any atom is -0.497 e. The molecule has 0 radical (unpaired) electrons. The van der Waals surface area contributed by atoms with Gasteiger partial charge in [-0.05, 0) is 54.0 Å². The summed E-state index contributed by atoms with van der Waals surface area (Å²) < 4.78 is 22.2. The van der Waals surface area contributed by atoms with Crippen LogP contribution in [0, 0.1) is 5.92 Å². The number of hydrogen-bond acceptors (Lipinski definition) is 7. The van der Waals surface area contributed by atoms with Gasteiger partial charge in [0.2, 0.25) is 5.95 Å². The highest BCUT2D eigenvalue weighted by Crippen LogP contribution is 2.30. The quantitative estimate of drug-likeness (QED) is 0.250. The Morgan fingerprint density at radius 1 is 1.17 bits per heavy atom. The number of anilines is 1. The van der Waals surface area contributed by atoms with Crippen molar-refractivity contribution in [2.75, 3.05) is 31.6 Å². The Morgan fingerprint density at radius 3 is 2.57 bits per heavy atom. The predicted octanol–water partition coefficient (Wildman–Crippen LogP) is 2.77. The molecule has 1 amide bonds. The lowest BCUT2D eigenvalue weighted by Crippen LogP contribution is -2.39. The largest absolute Gasteiger partial charge is 0.497 e. The SMILES string of the molecule is C=S(=O)(NCC1CCN(c2ncc(C(=O)NO)cn2)CC1)c1ccccc1-c1cccc(OC)c1. The van der Waals surface area contributed by atoms with E-state index in [1.54, 1.807) is 12.6 Å². The summed E-state index contributed by atoms with van der Waals surface area (Å²) in [6, 6.07) is 15.3. The molecular weight excluding hydrogens is 466 g/mol. The van der Waals surface area contributed by atoms with E-state index in [2.05, 4.69) is 25.5 Å². The van der Waals surface area contributed by atoms with E-state index in [-0.39, 0.29) is 5.56 Å². The van der Waals surface area contributed by atoms with Crippen LogP contribution in [0.2, 0.25) is 0 Å². The van der Waals surface area contributed by atoms with Crippen molar-refractivity contribution in [3.63, 3.8) is 0 Å². The standard InChI is InChI=1S/C25H29N5O4S/c1-34-21-7-5-6-19(14-21)22-8-3-4-9-23(22)35(2,33)28-15-18-10-12-30(13-11-18)25-26-16-20(17-27-25)24(31)29-32/h3-9,14,16-18,32H,2,10-13,15H2,1H3,(H,28,33)(H,29,31). The molecule has 1 unspecified atom stereocenters. The van der Waals surface area contributed by atoms with Crippen LogP contribution in [-0.2, 0) is 9.71 Å². The molecule has 1 fully saturated rings. The maximum atomic E-state index is 13.6. The first-order chi connectivity index (χ1) is 16.9. The van der Waals surface area contributed by atoms with Crippen molar-refractivity contribution >= 4 is 27.4 Å². The molecular formula is C25H29N5O4S. The number of nitrogens with one attached hydrogen (secondary N) is 2. The van der Waals surface area contributed by atoms with E-state index in [0.29, 0.717) is 23.3 Å². The molecule has 1 aliphatic heterocycles. The normalized spacial score (nSPS) is 15.9. The van der Waals surface area contributed by atoms with Gasteiger partial charge in [0.05, 0.1) is 27.3 Å². The fraction of sp³-hybridized carbons (Fsp3) is 0.280. The van der Waals surface area contributed by atoms with Crippen molar-refractivity contribution in [1.29, 1.82) is 0 Å². The van der Waals surface area contributed by atoms with Crippen molar-refractivity contribution in [3.05, 3.63) is 66.5 Å². The third-order valence-electron chi connectivity index (χ3n) is 6.13. The van der Waals surface area contributed by atoms with Gasteiger partial charge >= 0.3 is 0 Å². The molecule has 1 aliphatic rings. The summed E-state index contributed by atoms with van der Waals surface area (Å²) in [4.78, 5) is 22.6. The highest BCUT2D eigenvalue weighted by Gasteiger charge is 2.23. The molecule has 0 bridgehead atoms. The summed E-state index contributed by atoms with van der Waals surface area (Å²) in [7, 11) is -1.10. The number of benzene rings is 2. The zero-order chi connectivity index (χ0) is 24.8. The lowest BCUT2D eigenvalue weighted by Gasteiger charge is -2.32. The Labute approximate surface area is 205 Å². The lowest BCUT2D eigenvalue weighted by atomic mass is 9.97. The summed E-state index contributed by atoms with van der Waals surface area (Å²) in [6.45, 7) is 2.08. The zero-order valence-corrected chi connectivity index (χ0v) is 20.3. The topological polar surface area (TPSA) is 117 Å². The van der Waals surface area contributed by atoms with Crippen LogP contribution >= 0.6 is 0 Å². The maximum absolute atomic E-state index is 13.6. The average Bonchev–Trinajstić information content (AvgIpc) is 2.92. The Bertz CT molecular complexity index is 1270. The number of hydroxylamine groups is 1. The second kappa shape index (κ2) is 10.9. The Hall–Kier alpha value is -3.47. The van der Waals surface area contributed by atoms with Crippen molar-refractivity contribution in [1.82, 2.24) is 20.2 Å². The highest BCUT2D eigenvalue weighted by molar-refractivity contribution is 7.98. The van der Waals surface area contributed by atoms with Crippen molar-refractivity contribution in [3.8, 4) is 16.9 Å². The van der Waals surface area contributed by atoms with Crippen LogP contribution in [0.4, 0.5) is 5.95 Å². The number of rotatable bonds is 8. The van der Waals surface area contributed by atoms with Gasteiger partial charge in [0.25, 0.3) is 5.91 Å². The lowest BCUT2D eigenvalue weighted by molar-refractivity contribution is 0.0705. The van der Waals surface area contributed by atoms with Crippen LogP contribution in [0.15, 0.2) is 65.8 Å². The number of methoxy groups -OCH3 is 1. The van der Waals surface area contributed by atoms with E-state index in [9.17, 15) is 9.00 Å². The summed E-state index contributed by atoms with van der Waals surface area (Å²) in [5.74, 6) is 5.01. The van der Waals surface area contributed by atoms with E-state index < -0.39 is 15.6 Å². The maximum Gasteiger partial charge on any atom is 0.277 e. The van der Waals surface area contributed by atoms with E-state index in [1.807, 2.05) is 48.5 Å². The Kier molecular flexibility index (Phi) is 7.64. The van der Waals surface area contributed by atoms with Gasteiger partial charge in [-0.1, -0.05) is 30.3 Å². The summed E-state index contributed by atoms with van der Waals surface area (Å²) in [5.41, 5.74) is 3.55. The molecule has 35 heavy (non-hydrogen) atoms. The van der Waals surface area contributed by atoms with Gasteiger partial charge in [0.1, 0.15) is 5.75 Å². The molecule has 0 aliphatic carbocycles. The monoisotopic (exact) mass is 495 g/mol. The molecule has 4 rings (SSSR count). The van der Waals surface area contributed by atoms with Crippen molar-refractivity contribution in [2.45, 2.75) is 17.7 Å². The number of carbonyl (C=O) groups excluding carboxylic acids is 1. The van der Waals surface area contributed by atoms with Crippen LogP contribution in [-0.4, -0.2) is 57.9 Å². The zero-order valence-electron chi connectivity index (χ0n) is 19.5. The molecule has 2 heterocycles. The fourth-order valence-electron chi connectivity index (χ4n) is 4.12.